The van der Waals surface area contributed by atoms with Gasteiger partial charge in [-0.25, -0.2) is 4.79 Å². The standard InChI is InChI=1S/C19H21N3O6/c1-21(2)18(24)17(13-6-4-3-5-7-13)28-19(25)15-12-14(22(26)27)8-9-16(15)20-10-11-23/h3-9,12,17,20,23H,10-11H2,1-2H3/t17-/m0/s1. The molecule has 0 aliphatic carbocycles. The zero-order valence-electron chi connectivity index (χ0n) is 15.5. The minimum atomic E-state index is -1.20. The molecule has 0 fully saturated rings. The van der Waals surface area contributed by atoms with Gasteiger partial charge in [0.15, 0.2) is 0 Å². The monoisotopic (exact) mass is 387 g/mol. The minimum Gasteiger partial charge on any atom is -0.444 e. The maximum absolute atomic E-state index is 12.8. The van der Waals surface area contributed by atoms with Crippen molar-refractivity contribution in [2.75, 3.05) is 32.6 Å². The van der Waals surface area contributed by atoms with E-state index < -0.39 is 22.9 Å². The van der Waals surface area contributed by atoms with E-state index in [-0.39, 0.29) is 30.1 Å². The average molecular weight is 387 g/mol. The summed E-state index contributed by atoms with van der Waals surface area (Å²) >= 11 is 0. The van der Waals surface area contributed by atoms with Gasteiger partial charge in [0.25, 0.3) is 11.6 Å². The number of aliphatic hydroxyl groups is 1. The third-order valence-corrected chi connectivity index (χ3v) is 3.85. The molecule has 0 spiro atoms. The van der Waals surface area contributed by atoms with Crippen molar-refractivity contribution in [3.8, 4) is 0 Å². The molecule has 2 aromatic rings. The summed E-state index contributed by atoms with van der Waals surface area (Å²) in [6.45, 7) is -0.0614. The van der Waals surface area contributed by atoms with Crippen molar-refractivity contribution in [2.24, 2.45) is 0 Å². The van der Waals surface area contributed by atoms with Crippen LogP contribution in [0.3, 0.4) is 0 Å². The van der Waals surface area contributed by atoms with Crippen LogP contribution in [-0.2, 0) is 9.53 Å². The van der Waals surface area contributed by atoms with Crippen LogP contribution in [0.1, 0.15) is 22.0 Å². The van der Waals surface area contributed by atoms with Crippen molar-refractivity contribution >= 4 is 23.3 Å². The first kappa shape index (κ1) is 20.8. The van der Waals surface area contributed by atoms with Gasteiger partial charge >= 0.3 is 5.97 Å². The maximum Gasteiger partial charge on any atom is 0.341 e. The molecule has 9 heteroatoms. The van der Waals surface area contributed by atoms with Crippen LogP contribution in [0.5, 0.6) is 0 Å². The molecule has 1 atom stereocenters. The first-order chi connectivity index (χ1) is 13.3. The van der Waals surface area contributed by atoms with Crippen molar-refractivity contribution in [3.05, 3.63) is 69.8 Å². The smallest absolute Gasteiger partial charge is 0.341 e. The number of nitrogens with one attached hydrogen (secondary N) is 1. The van der Waals surface area contributed by atoms with E-state index in [2.05, 4.69) is 5.32 Å². The maximum atomic E-state index is 12.8. The Kier molecular flexibility index (Phi) is 7.05. The molecule has 0 unspecified atom stereocenters. The van der Waals surface area contributed by atoms with Crippen LogP contribution in [-0.4, -0.2) is 54.1 Å². The summed E-state index contributed by atoms with van der Waals surface area (Å²) in [6.07, 6.45) is -1.20. The number of anilines is 1. The van der Waals surface area contributed by atoms with Gasteiger partial charge in [-0.2, -0.15) is 0 Å². The number of carbonyl (C=O) groups is 2. The number of hydrogen-bond donors (Lipinski definition) is 2. The highest BCUT2D eigenvalue weighted by molar-refractivity contribution is 5.98. The van der Waals surface area contributed by atoms with Crippen LogP contribution in [0.4, 0.5) is 11.4 Å². The SMILES string of the molecule is CN(C)C(=O)[C@@H](OC(=O)c1cc([N+](=O)[O-])ccc1NCCO)c1ccccc1. The van der Waals surface area contributed by atoms with Gasteiger partial charge in [-0.3, -0.25) is 14.9 Å². The lowest BCUT2D eigenvalue weighted by atomic mass is 10.1. The molecular weight excluding hydrogens is 366 g/mol. The Labute approximate surface area is 161 Å². The molecule has 148 valence electrons. The Balaban J connectivity index is 2.40. The van der Waals surface area contributed by atoms with Crippen LogP contribution in [0, 0.1) is 10.1 Å². The molecular formula is C19H21N3O6. The second-order valence-electron chi connectivity index (χ2n) is 6.07. The number of nitro groups is 1. The van der Waals surface area contributed by atoms with Gasteiger partial charge in [-0.15, -0.1) is 0 Å². The largest absolute Gasteiger partial charge is 0.444 e. The number of nitro benzene ring substituents is 1. The number of benzene rings is 2. The van der Waals surface area contributed by atoms with Gasteiger partial charge in [0.2, 0.25) is 6.10 Å². The molecule has 0 bridgehead atoms. The van der Waals surface area contributed by atoms with Gasteiger partial charge in [-0.1, -0.05) is 30.3 Å². The fraction of sp³-hybridized carbons (Fsp3) is 0.263. The van der Waals surface area contributed by atoms with E-state index in [1.807, 2.05) is 0 Å². The predicted octanol–water partition coefficient (Wildman–Crippen LogP) is 1.99. The van der Waals surface area contributed by atoms with Crippen molar-refractivity contribution in [2.45, 2.75) is 6.10 Å². The number of nitrogens with zero attached hydrogens (tertiary/aromatic N) is 2. The number of ether oxygens (including phenoxy) is 1. The molecule has 0 aliphatic rings. The normalized spacial score (nSPS) is 11.4. The van der Waals surface area contributed by atoms with E-state index in [1.54, 1.807) is 30.3 Å². The number of carbonyl (C=O) groups excluding carboxylic acids is 2. The first-order valence-electron chi connectivity index (χ1n) is 8.45. The Morgan fingerprint density at radius 1 is 1.21 bits per heavy atom. The van der Waals surface area contributed by atoms with Crippen LogP contribution in [0.2, 0.25) is 0 Å². The molecule has 28 heavy (non-hydrogen) atoms. The Morgan fingerprint density at radius 2 is 1.89 bits per heavy atom. The Morgan fingerprint density at radius 3 is 2.46 bits per heavy atom. The fourth-order valence-electron chi connectivity index (χ4n) is 2.45. The molecule has 1 amide bonds. The highest BCUT2D eigenvalue weighted by Gasteiger charge is 2.28. The third kappa shape index (κ3) is 5.04. The first-order valence-corrected chi connectivity index (χ1v) is 8.45. The van der Waals surface area contributed by atoms with Crippen LogP contribution in [0.15, 0.2) is 48.5 Å². The molecule has 0 aromatic heterocycles. The lowest BCUT2D eigenvalue weighted by molar-refractivity contribution is -0.384. The van der Waals surface area contributed by atoms with Gasteiger partial charge in [0, 0.05) is 44.0 Å². The summed E-state index contributed by atoms with van der Waals surface area (Å²) in [6, 6.07) is 12.1. The topological polar surface area (TPSA) is 122 Å². The molecule has 0 saturated heterocycles. The van der Waals surface area contributed by atoms with E-state index in [0.717, 1.165) is 6.07 Å². The van der Waals surface area contributed by atoms with Crippen molar-refractivity contribution in [1.82, 2.24) is 4.90 Å². The van der Waals surface area contributed by atoms with E-state index in [4.69, 9.17) is 9.84 Å². The second-order valence-corrected chi connectivity index (χ2v) is 6.07. The number of amides is 1. The summed E-state index contributed by atoms with van der Waals surface area (Å²) in [5.41, 5.74) is 0.338. The highest BCUT2D eigenvalue weighted by atomic mass is 16.6. The summed E-state index contributed by atoms with van der Waals surface area (Å²) in [7, 11) is 3.07. The van der Waals surface area contributed by atoms with Crippen molar-refractivity contribution < 1.29 is 24.4 Å². The summed E-state index contributed by atoms with van der Waals surface area (Å²) in [5.74, 6) is -1.34. The highest BCUT2D eigenvalue weighted by Crippen LogP contribution is 2.27. The number of esters is 1. The predicted molar refractivity (Wildman–Crippen MR) is 102 cm³/mol. The Bertz CT molecular complexity index is 854. The zero-order chi connectivity index (χ0) is 20.7. The molecule has 2 rings (SSSR count). The van der Waals surface area contributed by atoms with Crippen molar-refractivity contribution in [1.29, 1.82) is 0 Å². The molecule has 2 N–H and O–H groups in total. The molecule has 0 aliphatic heterocycles. The van der Waals surface area contributed by atoms with Crippen LogP contribution in [0.25, 0.3) is 0 Å². The van der Waals surface area contributed by atoms with Gasteiger partial charge in [0.05, 0.1) is 17.1 Å². The summed E-state index contributed by atoms with van der Waals surface area (Å²) in [5, 5.41) is 22.9. The fourth-order valence-corrected chi connectivity index (χ4v) is 2.45. The van der Waals surface area contributed by atoms with Gasteiger partial charge in [0.1, 0.15) is 0 Å². The van der Waals surface area contributed by atoms with Crippen LogP contribution >= 0.6 is 0 Å². The molecule has 2 aromatic carbocycles. The number of rotatable bonds is 8. The second kappa shape index (κ2) is 9.47. The molecule has 9 nitrogen and oxygen atoms in total. The molecule has 0 saturated carbocycles. The third-order valence-electron chi connectivity index (χ3n) is 3.85. The average Bonchev–Trinajstić information content (AvgIpc) is 2.70. The number of likely N-dealkylation sites (N-methyl/N-ethyl adjacent to an activating group) is 1. The quantitative estimate of drug-likeness (QED) is 0.403. The van der Waals surface area contributed by atoms with E-state index >= 15 is 0 Å². The number of aliphatic hydroxyl groups excluding tert-OH is 1. The van der Waals surface area contributed by atoms with E-state index in [9.17, 15) is 19.7 Å². The van der Waals surface area contributed by atoms with E-state index in [0.29, 0.717) is 5.56 Å². The lowest BCUT2D eigenvalue weighted by Crippen LogP contribution is -2.31. The van der Waals surface area contributed by atoms with Gasteiger partial charge < -0.3 is 20.1 Å². The molecule has 0 heterocycles. The molecule has 0 radical (unpaired) electrons. The number of non-ortho nitro benzene ring substituents is 1. The lowest BCUT2D eigenvalue weighted by Gasteiger charge is -2.22. The van der Waals surface area contributed by atoms with Crippen molar-refractivity contribution in [3.63, 3.8) is 0 Å². The number of hydrogen-bond acceptors (Lipinski definition) is 7. The summed E-state index contributed by atoms with van der Waals surface area (Å²) < 4.78 is 5.45. The Hall–Kier alpha value is -3.46. The van der Waals surface area contributed by atoms with E-state index in [1.165, 1.54) is 31.1 Å². The van der Waals surface area contributed by atoms with Gasteiger partial charge in [-0.05, 0) is 6.07 Å². The van der Waals surface area contributed by atoms with Crippen LogP contribution < -0.4 is 5.32 Å². The minimum absolute atomic E-state index is 0.102. The summed E-state index contributed by atoms with van der Waals surface area (Å²) in [4.78, 5) is 37.1. The zero-order valence-corrected chi connectivity index (χ0v) is 15.5.